The van der Waals surface area contributed by atoms with E-state index < -0.39 is 11.6 Å². The molecule has 3 rings (SSSR count). The van der Waals surface area contributed by atoms with Crippen LogP contribution in [0.2, 0.25) is 0 Å². The van der Waals surface area contributed by atoms with E-state index >= 15 is 0 Å². The van der Waals surface area contributed by atoms with Gasteiger partial charge >= 0.3 is 0 Å². The number of aliphatic hydroxyl groups excluding tert-OH is 1. The third-order valence-corrected chi connectivity index (χ3v) is 4.67. The molecule has 0 unspecified atom stereocenters. The van der Waals surface area contributed by atoms with Gasteiger partial charge < -0.3 is 15.0 Å². The second-order valence-electron chi connectivity index (χ2n) is 7.24. The van der Waals surface area contributed by atoms with Crippen molar-refractivity contribution in [1.29, 1.82) is 0 Å². The predicted octanol–water partition coefficient (Wildman–Crippen LogP) is 2.28. The highest BCUT2D eigenvalue weighted by Crippen LogP contribution is 2.41. The first-order valence-electron chi connectivity index (χ1n) is 8.67. The molecular formula is C20H24N2O3. The molecule has 1 saturated carbocycles. The van der Waals surface area contributed by atoms with Crippen LogP contribution in [0.25, 0.3) is 0 Å². The lowest BCUT2D eigenvalue weighted by Gasteiger charge is -2.46. The number of nitrogens with zero attached hydrogens (tertiary/aromatic N) is 1. The zero-order chi connectivity index (χ0) is 18.0. The summed E-state index contributed by atoms with van der Waals surface area (Å²) in [6.07, 6.45) is 2.18. The number of carbonyl (C=O) groups excluding carboxylic acids is 1. The van der Waals surface area contributed by atoms with Crippen molar-refractivity contribution >= 4 is 5.91 Å². The summed E-state index contributed by atoms with van der Waals surface area (Å²) in [5, 5.41) is 12.8. The molecule has 1 aromatic heterocycles. The predicted molar refractivity (Wildman–Crippen MR) is 96.4 cm³/mol. The lowest BCUT2D eigenvalue weighted by Crippen LogP contribution is -2.57. The third kappa shape index (κ3) is 3.51. The fraction of sp³-hybridized carbons (Fsp3) is 0.400. The monoisotopic (exact) mass is 340 g/mol. The highest BCUT2D eigenvalue weighted by Gasteiger charge is 2.46. The van der Waals surface area contributed by atoms with Crippen molar-refractivity contribution in [2.75, 3.05) is 0 Å². The van der Waals surface area contributed by atoms with Gasteiger partial charge in [-0.3, -0.25) is 9.59 Å². The maximum atomic E-state index is 12.8. The van der Waals surface area contributed by atoms with Crippen LogP contribution in [0.4, 0.5) is 0 Å². The lowest BCUT2D eigenvalue weighted by atomic mass is 9.69. The van der Waals surface area contributed by atoms with Crippen LogP contribution in [0.3, 0.4) is 0 Å². The Bertz CT molecular complexity index is 805. The van der Waals surface area contributed by atoms with E-state index in [9.17, 15) is 14.7 Å². The van der Waals surface area contributed by atoms with Gasteiger partial charge in [0.15, 0.2) is 0 Å². The van der Waals surface area contributed by atoms with Crippen LogP contribution in [-0.4, -0.2) is 21.7 Å². The molecule has 0 atom stereocenters. The molecule has 1 aliphatic rings. The number of hydrogen-bond acceptors (Lipinski definition) is 3. The van der Waals surface area contributed by atoms with Gasteiger partial charge in [-0.25, -0.2) is 0 Å². The Morgan fingerprint density at radius 2 is 1.92 bits per heavy atom. The van der Waals surface area contributed by atoms with E-state index in [-0.39, 0.29) is 17.0 Å². The first-order chi connectivity index (χ1) is 11.9. The van der Waals surface area contributed by atoms with E-state index in [0.29, 0.717) is 25.3 Å². The normalized spacial score (nSPS) is 22.5. The maximum absolute atomic E-state index is 12.8. The highest BCUT2D eigenvalue weighted by atomic mass is 16.3. The summed E-state index contributed by atoms with van der Waals surface area (Å²) in [5.41, 5.74) is 0.201. The van der Waals surface area contributed by atoms with E-state index in [4.69, 9.17) is 0 Å². The Balaban J connectivity index is 1.88. The van der Waals surface area contributed by atoms with Crippen LogP contribution >= 0.6 is 0 Å². The Morgan fingerprint density at radius 1 is 1.24 bits per heavy atom. The topological polar surface area (TPSA) is 71.3 Å². The first kappa shape index (κ1) is 17.4. The summed E-state index contributed by atoms with van der Waals surface area (Å²) in [5.74, 6) is -0.0766. The molecule has 0 spiro atoms. The maximum Gasteiger partial charge on any atom is 0.263 e. The average Bonchev–Trinajstić information content (AvgIpc) is 2.55. The van der Waals surface area contributed by atoms with E-state index in [0.717, 1.165) is 5.56 Å². The molecule has 5 heteroatoms. The van der Waals surface area contributed by atoms with Gasteiger partial charge in [0.05, 0.1) is 11.6 Å². The molecular weight excluding hydrogens is 316 g/mol. The number of aromatic nitrogens is 1. The number of rotatable bonds is 5. The number of carbonyl (C=O) groups is 1. The summed E-state index contributed by atoms with van der Waals surface area (Å²) in [7, 11) is 0. The molecule has 1 heterocycles. The van der Waals surface area contributed by atoms with Crippen LogP contribution < -0.4 is 10.9 Å². The summed E-state index contributed by atoms with van der Waals surface area (Å²) < 4.78 is 1.57. The summed E-state index contributed by atoms with van der Waals surface area (Å²) in [6, 6.07) is 12.9. The quantitative estimate of drug-likeness (QED) is 0.877. The minimum atomic E-state index is -0.608. The van der Waals surface area contributed by atoms with E-state index in [1.807, 2.05) is 44.2 Å². The van der Waals surface area contributed by atoms with Gasteiger partial charge in [-0.15, -0.1) is 0 Å². The molecule has 5 nitrogen and oxygen atoms in total. The third-order valence-electron chi connectivity index (χ3n) is 4.67. The molecule has 1 amide bonds. The molecule has 0 saturated heterocycles. The van der Waals surface area contributed by atoms with Crippen LogP contribution in [0.1, 0.15) is 42.6 Å². The number of nitrogens with one attached hydrogen (secondary N) is 1. The first-order valence-corrected chi connectivity index (χ1v) is 8.67. The smallest absolute Gasteiger partial charge is 0.263 e. The summed E-state index contributed by atoms with van der Waals surface area (Å²) in [4.78, 5) is 25.4. The number of aliphatic hydroxyl groups is 1. The summed E-state index contributed by atoms with van der Waals surface area (Å²) in [6.45, 7) is 4.63. The van der Waals surface area contributed by atoms with Crippen LogP contribution in [0.5, 0.6) is 0 Å². The van der Waals surface area contributed by atoms with Crippen molar-refractivity contribution in [2.24, 2.45) is 5.92 Å². The Labute approximate surface area is 147 Å². The van der Waals surface area contributed by atoms with Gasteiger partial charge in [-0.1, -0.05) is 44.2 Å². The molecule has 2 N–H and O–H groups in total. The lowest BCUT2D eigenvalue weighted by molar-refractivity contribution is 0.000951. The summed E-state index contributed by atoms with van der Waals surface area (Å²) >= 11 is 0. The second kappa shape index (κ2) is 6.84. The molecule has 0 aliphatic heterocycles. The Morgan fingerprint density at radius 3 is 2.52 bits per heavy atom. The van der Waals surface area contributed by atoms with Gasteiger partial charge in [0, 0.05) is 25.6 Å². The van der Waals surface area contributed by atoms with Crippen molar-refractivity contribution in [3.63, 3.8) is 0 Å². The molecule has 1 aliphatic carbocycles. The Hall–Kier alpha value is -2.40. The molecule has 1 aromatic carbocycles. The van der Waals surface area contributed by atoms with Crippen LogP contribution in [0, 0.1) is 5.92 Å². The van der Waals surface area contributed by atoms with Crippen molar-refractivity contribution in [2.45, 2.75) is 44.9 Å². The molecule has 2 aromatic rings. The number of benzene rings is 1. The minimum absolute atomic E-state index is 0.139. The molecule has 25 heavy (non-hydrogen) atoms. The van der Waals surface area contributed by atoms with Gasteiger partial charge in [-0.05, 0) is 23.6 Å². The number of pyridine rings is 1. The van der Waals surface area contributed by atoms with Crippen molar-refractivity contribution < 1.29 is 9.90 Å². The average molecular weight is 340 g/mol. The van der Waals surface area contributed by atoms with E-state index in [1.54, 1.807) is 22.9 Å². The molecule has 0 bridgehead atoms. The van der Waals surface area contributed by atoms with Gasteiger partial charge in [-0.2, -0.15) is 0 Å². The van der Waals surface area contributed by atoms with Crippen LogP contribution in [0.15, 0.2) is 53.5 Å². The molecule has 1 fully saturated rings. The van der Waals surface area contributed by atoms with E-state index in [2.05, 4.69) is 5.32 Å². The standard InChI is InChI=1S/C20H24N2O3/c1-14(2)13-22-10-6-9-17(19(22)25)18(24)21-20(11-16(23)12-20)15-7-4-3-5-8-15/h3-10,14,16,23H,11-13H2,1-2H3,(H,21,24). The van der Waals surface area contributed by atoms with Crippen LogP contribution in [-0.2, 0) is 12.1 Å². The fourth-order valence-corrected chi connectivity index (χ4v) is 3.44. The van der Waals surface area contributed by atoms with Gasteiger partial charge in [0.1, 0.15) is 5.56 Å². The fourth-order valence-electron chi connectivity index (χ4n) is 3.44. The zero-order valence-electron chi connectivity index (χ0n) is 14.6. The zero-order valence-corrected chi connectivity index (χ0v) is 14.6. The Kier molecular flexibility index (Phi) is 4.77. The highest BCUT2D eigenvalue weighted by molar-refractivity contribution is 5.94. The molecule has 132 valence electrons. The SMILES string of the molecule is CC(C)Cn1cccc(C(=O)NC2(c3ccccc3)CC(O)C2)c1=O. The van der Waals surface area contributed by atoms with E-state index in [1.165, 1.54) is 0 Å². The van der Waals surface area contributed by atoms with Crippen molar-refractivity contribution in [1.82, 2.24) is 9.88 Å². The second-order valence-corrected chi connectivity index (χ2v) is 7.24. The van der Waals surface area contributed by atoms with Gasteiger partial charge in [0.2, 0.25) is 0 Å². The largest absolute Gasteiger partial charge is 0.393 e. The minimum Gasteiger partial charge on any atom is -0.393 e. The molecule has 0 radical (unpaired) electrons. The number of hydrogen-bond donors (Lipinski definition) is 2. The van der Waals surface area contributed by atoms with Crippen molar-refractivity contribution in [3.05, 3.63) is 70.1 Å². The number of amides is 1. The van der Waals surface area contributed by atoms with Gasteiger partial charge in [0.25, 0.3) is 11.5 Å². The van der Waals surface area contributed by atoms with Crippen molar-refractivity contribution in [3.8, 4) is 0 Å².